The van der Waals surface area contributed by atoms with Crippen molar-refractivity contribution in [3.63, 3.8) is 0 Å². The van der Waals surface area contributed by atoms with E-state index < -0.39 is 11.7 Å². The van der Waals surface area contributed by atoms with Crippen LogP contribution in [0.3, 0.4) is 0 Å². The molecule has 3 aromatic rings. The number of alkyl halides is 3. The Labute approximate surface area is 118 Å². The molecule has 0 aliphatic carbocycles. The fourth-order valence-corrected chi connectivity index (χ4v) is 2.00. The Hall–Kier alpha value is -2.43. The maximum absolute atomic E-state index is 12.4. The first-order valence-corrected chi connectivity index (χ1v) is 6.30. The van der Waals surface area contributed by atoms with E-state index in [1.807, 2.05) is 30.3 Å². The summed E-state index contributed by atoms with van der Waals surface area (Å²) in [6.07, 6.45) is -4.34. The molecule has 2 nitrogen and oxygen atoms in total. The van der Waals surface area contributed by atoms with Crippen molar-refractivity contribution in [1.82, 2.24) is 0 Å². The highest BCUT2D eigenvalue weighted by molar-refractivity contribution is 5.77. The van der Waals surface area contributed by atoms with Crippen molar-refractivity contribution in [3.8, 4) is 5.75 Å². The van der Waals surface area contributed by atoms with Gasteiger partial charge in [-0.1, -0.05) is 18.2 Å². The minimum atomic E-state index is -4.34. The van der Waals surface area contributed by atoms with Gasteiger partial charge in [-0.05, 0) is 36.4 Å². The quantitative estimate of drug-likeness (QED) is 0.675. The molecule has 0 saturated carbocycles. The highest BCUT2D eigenvalue weighted by Gasteiger charge is 2.29. The van der Waals surface area contributed by atoms with E-state index in [4.69, 9.17) is 9.15 Å². The molecule has 0 unspecified atom stereocenters. The smallest absolute Gasteiger partial charge is 0.416 e. The summed E-state index contributed by atoms with van der Waals surface area (Å²) in [7, 11) is 0. The van der Waals surface area contributed by atoms with E-state index in [1.54, 1.807) is 0 Å². The first kappa shape index (κ1) is 13.5. The Morgan fingerprint density at radius 2 is 1.67 bits per heavy atom. The van der Waals surface area contributed by atoms with Crippen LogP contribution in [0.2, 0.25) is 0 Å². The van der Waals surface area contributed by atoms with Crippen LogP contribution >= 0.6 is 0 Å². The number of hydrogen-bond acceptors (Lipinski definition) is 2. The van der Waals surface area contributed by atoms with Gasteiger partial charge in [-0.25, -0.2) is 0 Å². The van der Waals surface area contributed by atoms with Gasteiger partial charge in [0.05, 0.1) is 5.56 Å². The van der Waals surface area contributed by atoms with Crippen LogP contribution in [0.5, 0.6) is 5.75 Å². The fourth-order valence-electron chi connectivity index (χ4n) is 2.00. The van der Waals surface area contributed by atoms with Crippen molar-refractivity contribution in [2.75, 3.05) is 0 Å². The lowest BCUT2D eigenvalue weighted by Gasteiger charge is -2.08. The van der Waals surface area contributed by atoms with Crippen molar-refractivity contribution < 1.29 is 22.3 Å². The molecule has 108 valence electrons. The number of furan rings is 1. The van der Waals surface area contributed by atoms with Crippen LogP contribution in [0.4, 0.5) is 13.2 Å². The van der Waals surface area contributed by atoms with Gasteiger partial charge in [0.25, 0.3) is 0 Å². The molecule has 3 rings (SSSR count). The maximum atomic E-state index is 12.4. The van der Waals surface area contributed by atoms with E-state index in [0.29, 0.717) is 11.5 Å². The monoisotopic (exact) mass is 292 g/mol. The third kappa shape index (κ3) is 3.02. The zero-order valence-electron chi connectivity index (χ0n) is 10.9. The Bertz CT molecular complexity index is 709. The molecule has 21 heavy (non-hydrogen) atoms. The lowest BCUT2D eigenvalue weighted by atomic mass is 10.2. The molecule has 0 spiro atoms. The number of hydrogen-bond donors (Lipinski definition) is 0. The number of benzene rings is 2. The normalized spacial score (nSPS) is 11.8. The topological polar surface area (TPSA) is 22.4 Å². The number of para-hydroxylation sites is 1. The van der Waals surface area contributed by atoms with Crippen molar-refractivity contribution in [1.29, 1.82) is 0 Å². The number of fused-ring (bicyclic) bond motifs is 1. The van der Waals surface area contributed by atoms with Crippen LogP contribution in [0.25, 0.3) is 11.0 Å². The molecule has 0 fully saturated rings. The van der Waals surface area contributed by atoms with Crippen LogP contribution in [0.15, 0.2) is 59.0 Å². The summed E-state index contributed by atoms with van der Waals surface area (Å²) >= 11 is 0. The summed E-state index contributed by atoms with van der Waals surface area (Å²) in [6.45, 7) is 0.167. The van der Waals surface area contributed by atoms with Crippen molar-refractivity contribution >= 4 is 11.0 Å². The van der Waals surface area contributed by atoms with Gasteiger partial charge in [0, 0.05) is 5.39 Å². The SMILES string of the molecule is FC(F)(F)c1ccc(OCc2cc3ccccc3o2)cc1. The van der Waals surface area contributed by atoms with Crippen LogP contribution in [-0.2, 0) is 12.8 Å². The van der Waals surface area contributed by atoms with Crippen LogP contribution in [0, 0.1) is 0 Å². The van der Waals surface area contributed by atoms with E-state index >= 15 is 0 Å². The molecule has 0 atom stereocenters. The molecular formula is C16H11F3O2. The van der Waals surface area contributed by atoms with Gasteiger partial charge in [-0.2, -0.15) is 13.2 Å². The average molecular weight is 292 g/mol. The molecule has 5 heteroatoms. The third-order valence-electron chi connectivity index (χ3n) is 3.04. The summed E-state index contributed by atoms with van der Waals surface area (Å²) in [5.74, 6) is 0.986. The molecule has 1 aromatic heterocycles. The van der Waals surface area contributed by atoms with Gasteiger partial charge >= 0.3 is 6.18 Å². The van der Waals surface area contributed by atoms with Crippen molar-refractivity contribution in [2.24, 2.45) is 0 Å². The Morgan fingerprint density at radius 1 is 0.952 bits per heavy atom. The minimum Gasteiger partial charge on any atom is -0.486 e. The van der Waals surface area contributed by atoms with Gasteiger partial charge in [0.1, 0.15) is 23.7 Å². The van der Waals surface area contributed by atoms with E-state index in [0.717, 1.165) is 23.1 Å². The fraction of sp³-hybridized carbons (Fsp3) is 0.125. The lowest BCUT2D eigenvalue weighted by molar-refractivity contribution is -0.137. The van der Waals surface area contributed by atoms with Gasteiger partial charge in [0.2, 0.25) is 0 Å². The number of ether oxygens (including phenoxy) is 1. The molecule has 0 saturated heterocycles. The predicted molar refractivity (Wildman–Crippen MR) is 72.0 cm³/mol. The molecule has 0 bridgehead atoms. The van der Waals surface area contributed by atoms with E-state index in [9.17, 15) is 13.2 Å². The highest BCUT2D eigenvalue weighted by Crippen LogP contribution is 2.30. The van der Waals surface area contributed by atoms with E-state index in [-0.39, 0.29) is 6.61 Å². The number of rotatable bonds is 3. The maximum Gasteiger partial charge on any atom is 0.416 e. The summed E-state index contributed by atoms with van der Waals surface area (Å²) in [5, 5.41) is 0.962. The Balaban J connectivity index is 1.69. The molecule has 2 aromatic carbocycles. The second kappa shape index (κ2) is 5.16. The van der Waals surface area contributed by atoms with Crippen LogP contribution < -0.4 is 4.74 Å². The molecule has 0 aliphatic rings. The first-order chi connectivity index (χ1) is 10.0. The predicted octanol–water partition coefficient (Wildman–Crippen LogP) is 5.03. The molecule has 0 amide bonds. The summed E-state index contributed by atoms with van der Waals surface area (Å²) in [4.78, 5) is 0. The molecule has 0 radical (unpaired) electrons. The molecule has 1 heterocycles. The van der Waals surface area contributed by atoms with E-state index in [2.05, 4.69) is 0 Å². The zero-order chi connectivity index (χ0) is 14.9. The Kier molecular flexibility index (Phi) is 3.33. The van der Waals surface area contributed by atoms with Gasteiger partial charge in [-0.3, -0.25) is 0 Å². The molecule has 0 N–H and O–H groups in total. The largest absolute Gasteiger partial charge is 0.486 e. The van der Waals surface area contributed by atoms with Gasteiger partial charge in [0.15, 0.2) is 0 Å². The summed E-state index contributed by atoms with van der Waals surface area (Å²) < 4.78 is 48.3. The zero-order valence-corrected chi connectivity index (χ0v) is 10.9. The number of halogens is 3. The van der Waals surface area contributed by atoms with Crippen LogP contribution in [0.1, 0.15) is 11.3 Å². The first-order valence-electron chi connectivity index (χ1n) is 6.30. The second-order valence-corrected chi connectivity index (χ2v) is 4.56. The minimum absolute atomic E-state index is 0.167. The summed E-state index contributed by atoms with van der Waals surface area (Å²) in [5.41, 5.74) is 0.0575. The van der Waals surface area contributed by atoms with Gasteiger partial charge in [-0.15, -0.1) is 0 Å². The standard InChI is InChI=1S/C16H11F3O2/c17-16(18,19)12-5-7-13(8-6-12)20-10-14-9-11-3-1-2-4-15(11)21-14/h1-9H,10H2. The van der Waals surface area contributed by atoms with Crippen molar-refractivity contribution in [2.45, 2.75) is 12.8 Å². The summed E-state index contributed by atoms with van der Waals surface area (Å²) in [6, 6.07) is 14.0. The average Bonchev–Trinajstić information content (AvgIpc) is 2.87. The third-order valence-corrected chi connectivity index (χ3v) is 3.04. The van der Waals surface area contributed by atoms with Gasteiger partial charge < -0.3 is 9.15 Å². The Morgan fingerprint density at radius 3 is 2.33 bits per heavy atom. The second-order valence-electron chi connectivity index (χ2n) is 4.56. The molecule has 0 aliphatic heterocycles. The highest BCUT2D eigenvalue weighted by atomic mass is 19.4. The van der Waals surface area contributed by atoms with E-state index in [1.165, 1.54) is 12.1 Å². The molecular weight excluding hydrogens is 281 g/mol. The van der Waals surface area contributed by atoms with Crippen molar-refractivity contribution in [3.05, 3.63) is 65.9 Å². The lowest BCUT2D eigenvalue weighted by Crippen LogP contribution is -2.04. The van der Waals surface area contributed by atoms with Crippen LogP contribution in [-0.4, -0.2) is 0 Å².